The SMILES string of the molecule is COc1cccc(OC)c1C(=O)C1(C)CCCCN1. The lowest BCUT2D eigenvalue weighted by atomic mass is 9.83. The van der Waals surface area contributed by atoms with Crippen LogP contribution in [0.15, 0.2) is 18.2 Å². The first-order valence-electron chi connectivity index (χ1n) is 6.63. The Morgan fingerprint density at radius 3 is 2.32 bits per heavy atom. The number of ether oxygens (including phenoxy) is 2. The van der Waals surface area contributed by atoms with E-state index in [9.17, 15) is 4.79 Å². The topological polar surface area (TPSA) is 47.6 Å². The lowest BCUT2D eigenvalue weighted by molar-refractivity contribution is 0.0828. The summed E-state index contributed by atoms with van der Waals surface area (Å²) < 4.78 is 10.6. The van der Waals surface area contributed by atoms with Crippen molar-refractivity contribution in [3.63, 3.8) is 0 Å². The number of piperidine rings is 1. The van der Waals surface area contributed by atoms with E-state index >= 15 is 0 Å². The average Bonchev–Trinajstić information content (AvgIpc) is 2.46. The zero-order chi connectivity index (χ0) is 13.9. The van der Waals surface area contributed by atoms with Gasteiger partial charge in [-0.1, -0.05) is 6.07 Å². The summed E-state index contributed by atoms with van der Waals surface area (Å²) >= 11 is 0. The molecular formula is C15H21NO3. The Bertz CT molecular complexity index is 442. The van der Waals surface area contributed by atoms with Gasteiger partial charge in [0.25, 0.3) is 0 Å². The lowest BCUT2D eigenvalue weighted by Crippen LogP contribution is -2.52. The van der Waals surface area contributed by atoms with Gasteiger partial charge in [-0.15, -0.1) is 0 Å². The van der Waals surface area contributed by atoms with Crippen LogP contribution >= 0.6 is 0 Å². The van der Waals surface area contributed by atoms with Crippen LogP contribution in [-0.4, -0.2) is 32.1 Å². The lowest BCUT2D eigenvalue weighted by Gasteiger charge is -2.34. The number of hydrogen-bond acceptors (Lipinski definition) is 4. The maximum absolute atomic E-state index is 12.9. The molecule has 4 nitrogen and oxygen atoms in total. The predicted molar refractivity (Wildman–Crippen MR) is 74.1 cm³/mol. The number of nitrogens with one attached hydrogen (secondary N) is 1. The average molecular weight is 263 g/mol. The number of carbonyl (C=O) groups excluding carboxylic acids is 1. The van der Waals surface area contributed by atoms with Crippen molar-refractivity contribution in [2.24, 2.45) is 0 Å². The van der Waals surface area contributed by atoms with E-state index in [-0.39, 0.29) is 5.78 Å². The van der Waals surface area contributed by atoms with Gasteiger partial charge >= 0.3 is 0 Å². The standard InChI is InChI=1S/C15H21NO3/c1-15(9-4-5-10-16-15)14(17)13-11(18-2)7-6-8-12(13)19-3/h6-8,16H,4-5,9-10H2,1-3H3. The van der Waals surface area contributed by atoms with Gasteiger partial charge in [-0.05, 0) is 44.9 Å². The summed E-state index contributed by atoms with van der Waals surface area (Å²) in [6.45, 7) is 2.83. The molecule has 0 bridgehead atoms. The van der Waals surface area contributed by atoms with Crippen LogP contribution in [0.1, 0.15) is 36.5 Å². The molecule has 0 spiro atoms. The Kier molecular flexibility index (Phi) is 4.10. The van der Waals surface area contributed by atoms with Crippen LogP contribution in [-0.2, 0) is 0 Å². The molecule has 1 aliphatic heterocycles. The first-order valence-corrected chi connectivity index (χ1v) is 6.63. The minimum absolute atomic E-state index is 0.0431. The molecule has 104 valence electrons. The van der Waals surface area contributed by atoms with Crippen LogP contribution < -0.4 is 14.8 Å². The van der Waals surface area contributed by atoms with Gasteiger partial charge in [-0.2, -0.15) is 0 Å². The largest absolute Gasteiger partial charge is 0.496 e. The Labute approximate surface area is 114 Å². The number of ketones is 1. The molecule has 1 aliphatic rings. The zero-order valence-electron chi connectivity index (χ0n) is 11.8. The highest BCUT2D eigenvalue weighted by Gasteiger charge is 2.37. The number of Topliss-reactive ketones (excluding diaryl/α,β-unsaturated/α-hetero) is 1. The molecule has 0 amide bonds. The van der Waals surface area contributed by atoms with Crippen molar-refractivity contribution in [1.29, 1.82) is 0 Å². The predicted octanol–water partition coefficient (Wildman–Crippen LogP) is 2.42. The number of rotatable bonds is 4. The molecule has 1 atom stereocenters. The molecule has 19 heavy (non-hydrogen) atoms. The maximum Gasteiger partial charge on any atom is 0.190 e. The molecule has 1 aromatic rings. The third-order valence-electron chi connectivity index (χ3n) is 3.77. The van der Waals surface area contributed by atoms with Crippen molar-refractivity contribution in [2.45, 2.75) is 31.7 Å². The second kappa shape index (κ2) is 5.61. The fourth-order valence-electron chi connectivity index (χ4n) is 2.60. The molecule has 4 heteroatoms. The van der Waals surface area contributed by atoms with Crippen molar-refractivity contribution in [2.75, 3.05) is 20.8 Å². The molecular weight excluding hydrogens is 242 g/mol. The van der Waals surface area contributed by atoms with E-state index < -0.39 is 5.54 Å². The molecule has 1 aromatic carbocycles. The summed E-state index contributed by atoms with van der Waals surface area (Å²) in [5.41, 5.74) is 0.00424. The monoisotopic (exact) mass is 263 g/mol. The van der Waals surface area contributed by atoms with Crippen molar-refractivity contribution in [1.82, 2.24) is 5.32 Å². The normalized spacial score (nSPS) is 22.9. The van der Waals surface area contributed by atoms with E-state index in [1.165, 1.54) is 0 Å². The van der Waals surface area contributed by atoms with Gasteiger partial charge < -0.3 is 14.8 Å². The third-order valence-corrected chi connectivity index (χ3v) is 3.77. The van der Waals surface area contributed by atoms with Gasteiger partial charge in [0.2, 0.25) is 0 Å². The van der Waals surface area contributed by atoms with Crippen LogP contribution in [0.2, 0.25) is 0 Å². The van der Waals surface area contributed by atoms with Gasteiger partial charge in [0.15, 0.2) is 5.78 Å². The summed E-state index contributed by atoms with van der Waals surface area (Å²) in [7, 11) is 3.14. The van der Waals surface area contributed by atoms with Crippen LogP contribution in [0, 0.1) is 0 Å². The van der Waals surface area contributed by atoms with Gasteiger partial charge in [0.1, 0.15) is 17.1 Å². The van der Waals surface area contributed by atoms with Crippen molar-refractivity contribution in [3.05, 3.63) is 23.8 Å². The Hall–Kier alpha value is -1.55. The summed E-state index contributed by atoms with van der Waals surface area (Å²) in [6, 6.07) is 5.41. The molecule has 1 saturated heterocycles. The van der Waals surface area contributed by atoms with Crippen molar-refractivity contribution < 1.29 is 14.3 Å². The molecule has 1 N–H and O–H groups in total. The summed E-state index contributed by atoms with van der Waals surface area (Å²) in [6.07, 6.45) is 3.02. The van der Waals surface area contributed by atoms with Gasteiger partial charge in [-0.25, -0.2) is 0 Å². The Balaban J connectivity index is 2.42. The van der Waals surface area contributed by atoms with Crippen molar-refractivity contribution in [3.8, 4) is 11.5 Å². The second-order valence-electron chi connectivity index (χ2n) is 5.08. The van der Waals surface area contributed by atoms with E-state index in [0.717, 1.165) is 25.8 Å². The van der Waals surface area contributed by atoms with Crippen molar-refractivity contribution >= 4 is 5.78 Å². The highest BCUT2D eigenvalue weighted by Crippen LogP contribution is 2.34. The highest BCUT2D eigenvalue weighted by atomic mass is 16.5. The Morgan fingerprint density at radius 1 is 1.21 bits per heavy atom. The minimum atomic E-state index is -0.528. The molecule has 0 saturated carbocycles. The van der Waals surface area contributed by atoms with Gasteiger partial charge in [-0.3, -0.25) is 4.79 Å². The quantitative estimate of drug-likeness (QED) is 0.847. The fourth-order valence-corrected chi connectivity index (χ4v) is 2.60. The zero-order valence-corrected chi connectivity index (χ0v) is 11.8. The number of methoxy groups -OCH3 is 2. The first kappa shape index (κ1) is 13.9. The van der Waals surface area contributed by atoms with Crippen LogP contribution in [0.4, 0.5) is 0 Å². The molecule has 1 heterocycles. The number of hydrogen-bond donors (Lipinski definition) is 1. The fraction of sp³-hybridized carbons (Fsp3) is 0.533. The van der Waals surface area contributed by atoms with E-state index in [1.807, 2.05) is 13.0 Å². The van der Waals surface area contributed by atoms with Crippen LogP contribution in [0.5, 0.6) is 11.5 Å². The molecule has 2 rings (SSSR count). The molecule has 1 unspecified atom stereocenters. The molecule has 1 fully saturated rings. The minimum Gasteiger partial charge on any atom is -0.496 e. The highest BCUT2D eigenvalue weighted by molar-refractivity contribution is 6.07. The van der Waals surface area contributed by atoms with Gasteiger partial charge in [0, 0.05) is 0 Å². The van der Waals surface area contributed by atoms with E-state index in [2.05, 4.69) is 5.32 Å². The summed E-state index contributed by atoms with van der Waals surface area (Å²) in [5, 5.41) is 3.34. The van der Waals surface area contributed by atoms with Gasteiger partial charge in [0.05, 0.1) is 19.8 Å². The smallest absolute Gasteiger partial charge is 0.190 e. The summed E-state index contributed by atoms with van der Waals surface area (Å²) in [4.78, 5) is 12.9. The molecule has 0 aromatic heterocycles. The number of carbonyl (C=O) groups is 1. The summed E-state index contributed by atoms with van der Waals surface area (Å²) in [5.74, 6) is 1.18. The second-order valence-corrected chi connectivity index (χ2v) is 5.08. The Morgan fingerprint density at radius 2 is 1.84 bits per heavy atom. The maximum atomic E-state index is 12.9. The molecule has 0 radical (unpaired) electrons. The van der Waals surface area contributed by atoms with E-state index in [0.29, 0.717) is 17.1 Å². The van der Waals surface area contributed by atoms with E-state index in [4.69, 9.17) is 9.47 Å². The van der Waals surface area contributed by atoms with Crippen LogP contribution in [0.25, 0.3) is 0 Å². The molecule has 0 aliphatic carbocycles. The first-order chi connectivity index (χ1) is 9.12. The third kappa shape index (κ3) is 2.59. The van der Waals surface area contributed by atoms with E-state index in [1.54, 1.807) is 26.4 Å². The number of benzene rings is 1. The van der Waals surface area contributed by atoms with Crippen LogP contribution in [0.3, 0.4) is 0 Å².